The molecular formula is C17H18ClFN4O2. The van der Waals surface area contributed by atoms with Crippen LogP contribution in [0.15, 0.2) is 30.5 Å². The largest absolute Gasteiger partial charge is 0.494 e. The monoisotopic (exact) mass is 364 g/mol. The van der Waals surface area contributed by atoms with Crippen LogP contribution in [0.2, 0.25) is 5.02 Å². The summed E-state index contributed by atoms with van der Waals surface area (Å²) in [5.74, 6) is 0.242. The smallest absolute Gasteiger partial charge is 0.250 e. The van der Waals surface area contributed by atoms with Gasteiger partial charge in [-0.3, -0.25) is 4.79 Å². The number of nitrogens with two attached hydrogens (primary N) is 1. The van der Waals surface area contributed by atoms with Crippen LogP contribution in [-0.2, 0) is 0 Å². The molecule has 25 heavy (non-hydrogen) atoms. The van der Waals surface area contributed by atoms with E-state index < -0.39 is 5.91 Å². The molecule has 2 heterocycles. The molecule has 2 aromatic rings. The molecule has 132 valence electrons. The van der Waals surface area contributed by atoms with Gasteiger partial charge in [0.1, 0.15) is 17.4 Å². The lowest BCUT2D eigenvalue weighted by Crippen LogP contribution is -2.47. The Morgan fingerprint density at radius 2 is 1.92 bits per heavy atom. The van der Waals surface area contributed by atoms with Crippen LogP contribution in [0.3, 0.4) is 0 Å². The third-order valence-electron chi connectivity index (χ3n) is 4.17. The molecule has 3 rings (SSSR count). The van der Waals surface area contributed by atoms with Crippen LogP contribution >= 0.6 is 11.6 Å². The van der Waals surface area contributed by atoms with E-state index in [2.05, 4.69) is 9.88 Å². The van der Waals surface area contributed by atoms with Crippen molar-refractivity contribution in [2.75, 3.05) is 43.1 Å². The highest BCUT2D eigenvalue weighted by molar-refractivity contribution is 6.33. The van der Waals surface area contributed by atoms with Gasteiger partial charge in [-0.1, -0.05) is 11.6 Å². The number of amides is 1. The molecule has 0 atom stereocenters. The van der Waals surface area contributed by atoms with Gasteiger partial charge in [-0.05, 0) is 18.2 Å². The average Bonchev–Trinajstić information content (AvgIpc) is 2.61. The quantitative estimate of drug-likeness (QED) is 0.901. The SMILES string of the molecule is COc1cc(F)ccc1N1CCN(c2ncc(C(N)=O)cc2Cl)CC1. The zero-order valence-electron chi connectivity index (χ0n) is 13.7. The second-order valence-electron chi connectivity index (χ2n) is 5.68. The number of aromatic nitrogens is 1. The Morgan fingerprint density at radius 3 is 2.52 bits per heavy atom. The van der Waals surface area contributed by atoms with Crippen molar-refractivity contribution in [3.63, 3.8) is 0 Å². The molecule has 6 nitrogen and oxygen atoms in total. The molecule has 1 aromatic heterocycles. The number of anilines is 2. The van der Waals surface area contributed by atoms with Crippen molar-refractivity contribution in [1.82, 2.24) is 4.98 Å². The average molecular weight is 365 g/mol. The highest BCUT2D eigenvalue weighted by Gasteiger charge is 2.22. The summed E-state index contributed by atoms with van der Waals surface area (Å²) in [6.07, 6.45) is 1.43. The van der Waals surface area contributed by atoms with Crippen LogP contribution in [0, 0.1) is 5.82 Å². The van der Waals surface area contributed by atoms with E-state index in [1.54, 1.807) is 6.07 Å². The fourth-order valence-corrected chi connectivity index (χ4v) is 3.16. The van der Waals surface area contributed by atoms with Gasteiger partial charge < -0.3 is 20.3 Å². The fourth-order valence-electron chi connectivity index (χ4n) is 2.87. The van der Waals surface area contributed by atoms with Gasteiger partial charge >= 0.3 is 0 Å². The summed E-state index contributed by atoms with van der Waals surface area (Å²) in [6.45, 7) is 2.78. The van der Waals surface area contributed by atoms with E-state index in [1.165, 1.54) is 31.5 Å². The highest BCUT2D eigenvalue weighted by atomic mass is 35.5. The number of primary amides is 1. The second-order valence-corrected chi connectivity index (χ2v) is 6.09. The van der Waals surface area contributed by atoms with Crippen molar-refractivity contribution in [2.24, 2.45) is 5.73 Å². The van der Waals surface area contributed by atoms with E-state index in [1.807, 2.05) is 4.90 Å². The first-order valence-corrected chi connectivity index (χ1v) is 8.16. The van der Waals surface area contributed by atoms with Gasteiger partial charge in [-0.25, -0.2) is 9.37 Å². The Hall–Kier alpha value is -2.54. The molecule has 1 fully saturated rings. The lowest BCUT2D eigenvalue weighted by Gasteiger charge is -2.37. The zero-order chi connectivity index (χ0) is 18.0. The molecule has 0 saturated carbocycles. The molecule has 0 unspecified atom stereocenters. The number of ether oxygens (including phenoxy) is 1. The number of hydrogen-bond acceptors (Lipinski definition) is 5. The molecule has 1 aliphatic rings. The first-order chi connectivity index (χ1) is 12.0. The first-order valence-electron chi connectivity index (χ1n) is 7.78. The fraction of sp³-hybridized carbons (Fsp3) is 0.294. The van der Waals surface area contributed by atoms with Gasteiger partial charge in [0.15, 0.2) is 0 Å². The normalized spacial score (nSPS) is 14.5. The second kappa shape index (κ2) is 7.14. The number of hydrogen-bond donors (Lipinski definition) is 1. The third kappa shape index (κ3) is 3.61. The molecular weight excluding hydrogens is 347 g/mol. The van der Waals surface area contributed by atoms with E-state index in [0.717, 1.165) is 5.69 Å². The predicted octanol–water partition coefficient (Wildman–Crippen LogP) is 2.31. The molecule has 0 spiro atoms. The molecule has 1 aliphatic heterocycles. The maximum atomic E-state index is 13.4. The van der Waals surface area contributed by atoms with Crippen LogP contribution in [0.1, 0.15) is 10.4 Å². The number of rotatable bonds is 4. The van der Waals surface area contributed by atoms with Crippen LogP contribution in [0.5, 0.6) is 5.75 Å². The number of methoxy groups -OCH3 is 1. The van der Waals surface area contributed by atoms with Crippen molar-refractivity contribution in [3.05, 3.63) is 46.9 Å². The van der Waals surface area contributed by atoms with Gasteiger partial charge in [0.05, 0.1) is 23.4 Å². The van der Waals surface area contributed by atoms with Gasteiger partial charge in [-0.2, -0.15) is 0 Å². The number of piperazine rings is 1. The van der Waals surface area contributed by atoms with Crippen LogP contribution in [-0.4, -0.2) is 44.2 Å². The van der Waals surface area contributed by atoms with Gasteiger partial charge in [0, 0.05) is 38.4 Å². The molecule has 0 aliphatic carbocycles. The maximum Gasteiger partial charge on any atom is 0.250 e. The van der Waals surface area contributed by atoms with Gasteiger partial charge in [0.25, 0.3) is 0 Å². The Kier molecular flexibility index (Phi) is 4.94. The van der Waals surface area contributed by atoms with E-state index in [9.17, 15) is 9.18 Å². The van der Waals surface area contributed by atoms with Crippen LogP contribution < -0.4 is 20.3 Å². The number of benzene rings is 1. The van der Waals surface area contributed by atoms with E-state index in [4.69, 9.17) is 22.1 Å². The summed E-state index contributed by atoms with van der Waals surface area (Å²) in [6, 6.07) is 6.05. The Balaban J connectivity index is 1.73. The van der Waals surface area contributed by atoms with Crippen molar-refractivity contribution in [1.29, 1.82) is 0 Å². The first kappa shape index (κ1) is 17.3. The van der Waals surface area contributed by atoms with Crippen molar-refractivity contribution >= 4 is 29.0 Å². The molecule has 1 aromatic carbocycles. The van der Waals surface area contributed by atoms with Gasteiger partial charge in [-0.15, -0.1) is 0 Å². The summed E-state index contributed by atoms with van der Waals surface area (Å²) >= 11 is 6.24. The Labute approximate surface area is 149 Å². The number of pyridine rings is 1. The van der Waals surface area contributed by atoms with Crippen LogP contribution in [0.4, 0.5) is 15.9 Å². The summed E-state index contributed by atoms with van der Waals surface area (Å²) < 4.78 is 18.6. The minimum absolute atomic E-state index is 0.281. The molecule has 8 heteroatoms. The lowest BCUT2D eigenvalue weighted by molar-refractivity contribution is 0.1000. The number of halogens is 2. The topological polar surface area (TPSA) is 71.7 Å². The van der Waals surface area contributed by atoms with Gasteiger partial charge in [0.2, 0.25) is 5.91 Å². The molecule has 1 amide bonds. The van der Waals surface area contributed by atoms with E-state index in [-0.39, 0.29) is 11.4 Å². The number of carbonyl (C=O) groups is 1. The minimum atomic E-state index is -0.561. The summed E-state index contributed by atoms with van der Waals surface area (Å²) in [5, 5.41) is 0.393. The summed E-state index contributed by atoms with van der Waals surface area (Å²) in [7, 11) is 1.53. The Morgan fingerprint density at radius 1 is 1.24 bits per heavy atom. The minimum Gasteiger partial charge on any atom is -0.494 e. The molecule has 0 radical (unpaired) electrons. The van der Waals surface area contributed by atoms with Crippen molar-refractivity contribution in [3.8, 4) is 5.75 Å². The zero-order valence-corrected chi connectivity index (χ0v) is 14.5. The predicted molar refractivity (Wildman–Crippen MR) is 95.1 cm³/mol. The molecule has 1 saturated heterocycles. The van der Waals surface area contributed by atoms with Crippen LogP contribution in [0.25, 0.3) is 0 Å². The number of carbonyl (C=O) groups excluding carboxylic acids is 1. The highest BCUT2D eigenvalue weighted by Crippen LogP contribution is 2.31. The lowest BCUT2D eigenvalue weighted by atomic mass is 10.2. The number of nitrogens with zero attached hydrogens (tertiary/aromatic N) is 3. The summed E-state index contributed by atoms with van der Waals surface area (Å²) in [4.78, 5) is 19.6. The third-order valence-corrected chi connectivity index (χ3v) is 4.45. The standard InChI is InChI=1S/C17H18ClFN4O2/c1-25-15-9-12(19)2-3-14(15)22-4-6-23(7-5-22)17-13(18)8-11(10-21-17)16(20)24/h2-3,8-10H,4-7H2,1H3,(H2,20,24). The van der Waals surface area contributed by atoms with Crippen molar-refractivity contribution in [2.45, 2.75) is 0 Å². The molecule has 0 bridgehead atoms. The summed E-state index contributed by atoms with van der Waals surface area (Å²) in [5.41, 5.74) is 6.37. The van der Waals surface area contributed by atoms with E-state index >= 15 is 0 Å². The van der Waals surface area contributed by atoms with E-state index in [0.29, 0.717) is 42.8 Å². The molecule has 2 N–H and O–H groups in total. The van der Waals surface area contributed by atoms with Crippen molar-refractivity contribution < 1.29 is 13.9 Å². The maximum absolute atomic E-state index is 13.4. The Bertz CT molecular complexity index is 794.